The molecule has 5 N–H and O–H groups in total. The summed E-state index contributed by atoms with van der Waals surface area (Å²) in [6.07, 6.45) is 7.02. The second-order valence-corrected chi connectivity index (χ2v) is 6.73. The van der Waals surface area contributed by atoms with Crippen LogP contribution in [-0.2, 0) is 0 Å². The number of pyridine rings is 2. The minimum absolute atomic E-state index is 0.0197. The van der Waals surface area contributed by atoms with Crippen LogP contribution in [0.4, 0.5) is 17.6 Å². The van der Waals surface area contributed by atoms with E-state index in [2.05, 4.69) is 25.3 Å². The van der Waals surface area contributed by atoms with Crippen LogP contribution >= 0.6 is 11.6 Å². The van der Waals surface area contributed by atoms with E-state index in [0.717, 1.165) is 16.6 Å². The molecule has 0 saturated carbocycles. The third-order valence-electron chi connectivity index (χ3n) is 4.48. The molecule has 0 aliphatic heterocycles. The van der Waals surface area contributed by atoms with Gasteiger partial charge in [0.25, 0.3) is 0 Å². The summed E-state index contributed by atoms with van der Waals surface area (Å²) in [5.74, 6) is 0.258. The van der Waals surface area contributed by atoms with E-state index in [0.29, 0.717) is 10.7 Å². The topological polar surface area (TPSA) is 144 Å². The van der Waals surface area contributed by atoms with Gasteiger partial charge in [-0.25, -0.2) is 4.98 Å². The van der Waals surface area contributed by atoms with Gasteiger partial charge in [-0.15, -0.1) is 0 Å². The fourth-order valence-electron chi connectivity index (χ4n) is 3.16. The Hall–Kier alpha value is -3.90. The zero-order valence-electron chi connectivity index (χ0n) is 15.3. The van der Waals surface area contributed by atoms with Crippen LogP contribution in [0.3, 0.4) is 0 Å². The Morgan fingerprint density at radius 2 is 2.07 bits per heavy atom. The first-order valence-electron chi connectivity index (χ1n) is 8.65. The van der Waals surface area contributed by atoms with Crippen molar-refractivity contribution in [2.75, 3.05) is 16.8 Å². The zero-order chi connectivity index (χ0) is 20.5. The number of halogens is 1. The Labute approximate surface area is 171 Å². The number of hydrogen-bond acceptors (Lipinski definition) is 8. The van der Waals surface area contributed by atoms with Crippen LogP contribution in [0.5, 0.6) is 0 Å². The van der Waals surface area contributed by atoms with Crippen LogP contribution in [-0.4, -0.2) is 24.5 Å². The van der Waals surface area contributed by atoms with Crippen LogP contribution in [0.1, 0.15) is 24.1 Å². The third kappa shape index (κ3) is 3.26. The number of nitriles is 1. The number of hydrogen-bond donors (Lipinski definition) is 3. The van der Waals surface area contributed by atoms with Crippen LogP contribution in [0.25, 0.3) is 16.7 Å². The highest BCUT2D eigenvalue weighted by molar-refractivity contribution is 6.35. The summed E-state index contributed by atoms with van der Waals surface area (Å²) >= 11 is 6.50. The van der Waals surface area contributed by atoms with Gasteiger partial charge in [0, 0.05) is 29.5 Å². The van der Waals surface area contributed by atoms with Crippen molar-refractivity contribution in [1.29, 1.82) is 5.26 Å². The lowest BCUT2D eigenvalue weighted by atomic mass is 10.1. The number of nitrogens with zero attached hydrogens (tertiary/aromatic N) is 6. The molecule has 4 rings (SSSR count). The lowest BCUT2D eigenvalue weighted by Crippen LogP contribution is -2.13. The molecule has 144 valence electrons. The van der Waals surface area contributed by atoms with Gasteiger partial charge in [0.1, 0.15) is 23.1 Å². The monoisotopic (exact) mass is 405 g/mol. The van der Waals surface area contributed by atoms with Crippen molar-refractivity contribution in [3.8, 4) is 11.8 Å². The first kappa shape index (κ1) is 18.5. The molecule has 29 heavy (non-hydrogen) atoms. The molecule has 0 saturated heterocycles. The molecule has 0 unspecified atom stereocenters. The minimum Gasteiger partial charge on any atom is -0.382 e. The highest BCUT2D eigenvalue weighted by Crippen LogP contribution is 2.34. The summed E-state index contributed by atoms with van der Waals surface area (Å²) in [5, 5.41) is 13.9. The van der Waals surface area contributed by atoms with Gasteiger partial charge >= 0.3 is 0 Å². The number of anilines is 3. The third-order valence-corrected chi connectivity index (χ3v) is 4.79. The lowest BCUT2D eigenvalue weighted by molar-refractivity contribution is 0.874. The quantitative estimate of drug-likeness (QED) is 0.469. The Morgan fingerprint density at radius 3 is 2.79 bits per heavy atom. The molecule has 10 heteroatoms. The maximum absolute atomic E-state index is 9.41. The molecule has 0 aliphatic rings. The van der Waals surface area contributed by atoms with Crippen molar-refractivity contribution in [3.63, 3.8) is 0 Å². The van der Waals surface area contributed by atoms with Gasteiger partial charge in [0.2, 0.25) is 5.95 Å². The van der Waals surface area contributed by atoms with Gasteiger partial charge < -0.3 is 16.8 Å². The molecule has 0 amide bonds. The van der Waals surface area contributed by atoms with Crippen molar-refractivity contribution < 1.29 is 0 Å². The summed E-state index contributed by atoms with van der Waals surface area (Å²) in [6, 6.07) is 7.22. The van der Waals surface area contributed by atoms with Crippen LogP contribution in [0.2, 0.25) is 5.02 Å². The van der Waals surface area contributed by atoms with E-state index in [1.807, 2.05) is 35.9 Å². The standard InChI is InChI=1S/C19H16ClN9/c1-10(26-17-12(7-21)16(22)27-19(23)28-17)13-9-29(11-3-2-5-24-8-11)18-15(13)14(20)4-6-25-18/h2-6,8-10H,1H3,(H5,22,23,26,27,28)/t10-/m0/s1. The molecule has 1 atom stereocenters. The van der Waals surface area contributed by atoms with E-state index in [-0.39, 0.29) is 29.2 Å². The maximum atomic E-state index is 9.41. The number of fused-ring (bicyclic) bond motifs is 1. The predicted molar refractivity (Wildman–Crippen MR) is 111 cm³/mol. The summed E-state index contributed by atoms with van der Waals surface area (Å²) < 4.78 is 1.91. The molecule has 4 aromatic heterocycles. The molecule has 4 aromatic rings. The Kier molecular flexibility index (Phi) is 4.62. The zero-order valence-corrected chi connectivity index (χ0v) is 16.1. The van der Waals surface area contributed by atoms with E-state index in [1.165, 1.54) is 0 Å². The number of rotatable bonds is 4. The average molecular weight is 406 g/mol. The van der Waals surface area contributed by atoms with Crippen LogP contribution in [0.15, 0.2) is 43.0 Å². The fourth-order valence-corrected chi connectivity index (χ4v) is 3.41. The van der Waals surface area contributed by atoms with E-state index < -0.39 is 0 Å². The van der Waals surface area contributed by atoms with Gasteiger partial charge in [-0.3, -0.25) is 9.55 Å². The molecular formula is C19H16ClN9. The Balaban J connectivity index is 1.84. The minimum atomic E-state index is -0.294. The summed E-state index contributed by atoms with van der Waals surface area (Å²) in [6.45, 7) is 1.92. The highest BCUT2D eigenvalue weighted by atomic mass is 35.5. The fraction of sp³-hybridized carbons (Fsp3) is 0.105. The lowest BCUT2D eigenvalue weighted by Gasteiger charge is -2.16. The van der Waals surface area contributed by atoms with Crippen molar-refractivity contribution in [1.82, 2.24) is 24.5 Å². The second kappa shape index (κ2) is 7.26. The Morgan fingerprint density at radius 1 is 1.24 bits per heavy atom. The molecule has 0 spiro atoms. The summed E-state index contributed by atoms with van der Waals surface area (Å²) in [4.78, 5) is 16.6. The molecule has 0 aliphatic carbocycles. The second-order valence-electron chi connectivity index (χ2n) is 6.33. The van der Waals surface area contributed by atoms with Crippen molar-refractivity contribution in [3.05, 3.63) is 59.1 Å². The van der Waals surface area contributed by atoms with Crippen molar-refractivity contribution in [2.45, 2.75) is 13.0 Å². The van der Waals surface area contributed by atoms with Gasteiger partial charge in [-0.05, 0) is 25.1 Å². The Bertz CT molecular complexity index is 1240. The molecule has 0 aromatic carbocycles. The number of nitrogen functional groups attached to an aromatic ring is 2. The molecule has 4 heterocycles. The van der Waals surface area contributed by atoms with E-state index in [9.17, 15) is 5.26 Å². The molecular weight excluding hydrogens is 390 g/mol. The molecule has 0 bridgehead atoms. The van der Waals surface area contributed by atoms with Gasteiger partial charge in [0.15, 0.2) is 5.82 Å². The summed E-state index contributed by atoms with van der Waals surface area (Å²) in [7, 11) is 0. The predicted octanol–water partition coefficient (Wildman–Crippen LogP) is 3.07. The van der Waals surface area contributed by atoms with Crippen molar-refractivity contribution >= 4 is 40.2 Å². The van der Waals surface area contributed by atoms with Gasteiger partial charge in [-0.1, -0.05) is 11.6 Å². The molecule has 0 radical (unpaired) electrons. The normalized spacial score (nSPS) is 11.9. The first-order valence-corrected chi connectivity index (χ1v) is 9.03. The number of aromatic nitrogens is 5. The van der Waals surface area contributed by atoms with Crippen LogP contribution in [0, 0.1) is 11.3 Å². The number of nitrogens with two attached hydrogens (primary N) is 2. The SMILES string of the molecule is C[C@H](Nc1nc(N)nc(N)c1C#N)c1cn(-c2cccnc2)c2nccc(Cl)c12. The average Bonchev–Trinajstić information content (AvgIpc) is 3.09. The first-order chi connectivity index (χ1) is 14.0. The number of nitrogens with one attached hydrogen (secondary N) is 1. The molecule has 0 fully saturated rings. The largest absolute Gasteiger partial charge is 0.382 e. The van der Waals surface area contributed by atoms with E-state index >= 15 is 0 Å². The smallest absolute Gasteiger partial charge is 0.224 e. The van der Waals surface area contributed by atoms with Crippen LogP contribution < -0.4 is 16.8 Å². The summed E-state index contributed by atoms with van der Waals surface area (Å²) in [5.41, 5.74) is 14.0. The maximum Gasteiger partial charge on any atom is 0.224 e. The van der Waals surface area contributed by atoms with Crippen molar-refractivity contribution in [2.24, 2.45) is 0 Å². The van der Waals surface area contributed by atoms with Gasteiger partial charge in [-0.2, -0.15) is 15.2 Å². The van der Waals surface area contributed by atoms with Gasteiger partial charge in [0.05, 0.1) is 22.9 Å². The van der Waals surface area contributed by atoms with E-state index in [1.54, 1.807) is 24.7 Å². The highest BCUT2D eigenvalue weighted by Gasteiger charge is 2.21. The molecule has 9 nitrogen and oxygen atoms in total. The van der Waals surface area contributed by atoms with E-state index in [4.69, 9.17) is 23.1 Å².